The summed E-state index contributed by atoms with van der Waals surface area (Å²) in [6, 6.07) is 3.35. The number of nitrogens with two attached hydrogens (primary N) is 1. The molecule has 0 spiro atoms. The van der Waals surface area contributed by atoms with E-state index >= 15 is 0 Å². The van der Waals surface area contributed by atoms with Gasteiger partial charge in [-0.2, -0.15) is 0 Å². The first-order valence-corrected chi connectivity index (χ1v) is 6.16. The molecule has 0 saturated heterocycles. The number of pyridine rings is 1. The van der Waals surface area contributed by atoms with Crippen molar-refractivity contribution in [2.75, 3.05) is 12.3 Å². The van der Waals surface area contributed by atoms with Crippen LogP contribution in [0.5, 0.6) is 0 Å². The zero-order chi connectivity index (χ0) is 12.7. The van der Waals surface area contributed by atoms with Crippen molar-refractivity contribution in [2.24, 2.45) is 0 Å². The van der Waals surface area contributed by atoms with Crippen molar-refractivity contribution in [3.63, 3.8) is 0 Å². The Morgan fingerprint density at radius 2 is 2.12 bits per heavy atom. The number of carbonyl (C=O) groups excluding carboxylic acids is 1. The first-order valence-electron chi connectivity index (χ1n) is 6.16. The van der Waals surface area contributed by atoms with E-state index in [0.717, 1.165) is 25.1 Å². The number of hydrogen-bond acceptors (Lipinski definition) is 3. The molecule has 1 aromatic rings. The van der Waals surface area contributed by atoms with Gasteiger partial charge in [-0.05, 0) is 25.5 Å². The van der Waals surface area contributed by atoms with Gasteiger partial charge in [0, 0.05) is 17.8 Å². The van der Waals surface area contributed by atoms with Crippen molar-refractivity contribution in [3.8, 4) is 0 Å². The number of aryl methyl sites for hydroxylation is 1. The van der Waals surface area contributed by atoms with Crippen LogP contribution in [-0.2, 0) is 0 Å². The first-order chi connectivity index (χ1) is 8.13. The van der Waals surface area contributed by atoms with Gasteiger partial charge >= 0.3 is 0 Å². The summed E-state index contributed by atoms with van der Waals surface area (Å²) in [6.45, 7) is 4.72. The molecule has 0 radical (unpaired) electrons. The summed E-state index contributed by atoms with van der Waals surface area (Å²) < 4.78 is 0. The molecule has 1 rings (SSSR count). The first kappa shape index (κ1) is 13.5. The number of nitrogens with zero attached hydrogens (tertiary/aromatic N) is 1. The van der Waals surface area contributed by atoms with Crippen molar-refractivity contribution >= 4 is 11.7 Å². The standard InChI is InChI=1S/C13H21N3O/c1-3-4-5-6-7-15-13(17)11-8-10(2)16-12(14)9-11/h8-9H,3-7H2,1-2H3,(H2,14,16)(H,15,17). The van der Waals surface area contributed by atoms with E-state index in [9.17, 15) is 4.79 Å². The second-order valence-electron chi connectivity index (χ2n) is 4.24. The zero-order valence-electron chi connectivity index (χ0n) is 10.6. The van der Waals surface area contributed by atoms with Gasteiger partial charge in [-0.25, -0.2) is 4.98 Å². The Bertz CT molecular complexity index is 357. The van der Waals surface area contributed by atoms with Gasteiger partial charge in [0.25, 0.3) is 5.91 Å². The Morgan fingerprint density at radius 1 is 1.35 bits per heavy atom. The van der Waals surface area contributed by atoms with Crippen LogP contribution in [0.25, 0.3) is 0 Å². The molecule has 0 aromatic carbocycles. The minimum atomic E-state index is -0.0706. The average molecular weight is 235 g/mol. The van der Waals surface area contributed by atoms with Crippen molar-refractivity contribution in [3.05, 3.63) is 23.4 Å². The Morgan fingerprint density at radius 3 is 2.76 bits per heavy atom. The number of nitrogen functional groups attached to an aromatic ring is 1. The van der Waals surface area contributed by atoms with Crippen LogP contribution in [0.4, 0.5) is 5.82 Å². The molecule has 3 N–H and O–H groups in total. The van der Waals surface area contributed by atoms with Crippen LogP contribution >= 0.6 is 0 Å². The summed E-state index contributed by atoms with van der Waals surface area (Å²) in [5, 5.41) is 2.89. The second kappa shape index (κ2) is 6.89. The van der Waals surface area contributed by atoms with Crippen molar-refractivity contribution in [1.29, 1.82) is 0 Å². The van der Waals surface area contributed by atoms with Crippen LogP contribution in [0, 0.1) is 6.92 Å². The molecule has 0 saturated carbocycles. The van der Waals surface area contributed by atoms with Crippen LogP contribution in [0.15, 0.2) is 12.1 Å². The quantitative estimate of drug-likeness (QED) is 0.743. The predicted octanol–water partition coefficient (Wildman–Crippen LogP) is 2.28. The topological polar surface area (TPSA) is 68.0 Å². The molecule has 0 aliphatic rings. The molecule has 1 amide bonds. The Balaban J connectivity index is 2.41. The van der Waals surface area contributed by atoms with Gasteiger partial charge in [-0.1, -0.05) is 26.2 Å². The number of aromatic nitrogens is 1. The van der Waals surface area contributed by atoms with Crippen molar-refractivity contribution in [1.82, 2.24) is 10.3 Å². The summed E-state index contributed by atoms with van der Waals surface area (Å²) in [4.78, 5) is 15.8. The molecule has 1 heterocycles. The maximum absolute atomic E-state index is 11.8. The molecule has 0 unspecified atom stereocenters. The van der Waals surface area contributed by atoms with E-state index in [1.807, 2.05) is 6.92 Å². The fourth-order valence-corrected chi connectivity index (χ4v) is 1.68. The lowest BCUT2D eigenvalue weighted by Gasteiger charge is -2.06. The predicted molar refractivity (Wildman–Crippen MR) is 69.9 cm³/mol. The third-order valence-electron chi connectivity index (χ3n) is 2.55. The van der Waals surface area contributed by atoms with E-state index < -0.39 is 0 Å². The summed E-state index contributed by atoms with van der Waals surface area (Å²) in [5.41, 5.74) is 6.95. The fraction of sp³-hybridized carbons (Fsp3) is 0.538. The SMILES string of the molecule is CCCCCCNC(=O)c1cc(C)nc(N)c1. The highest BCUT2D eigenvalue weighted by atomic mass is 16.1. The smallest absolute Gasteiger partial charge is 0.251 e. The third-order valence-corrected chi connectivity index (χ3v) is 2.55. The maximum Gasteiger partial charge on any atom is 0.251 e. The molecule has 94 valence electrons. The molecule has 1 aromatic heterocycles. The van der Waals surface area contributed by atoms with E-state index in [4.69, 9.17) is 5.73 Å². The number of amides is 1. The number of rotatable bonds is 6. The number of unbranched alkanes of at least 4 members (excludes halogenated alkanes) is 3. The van der Waals surface area contributed by atoms with Gasteiger partial charge in [0.15, 0.2) is 0 Å². The van der Waals surface area contributed by atoms with Gasteiger partial charge in [-0.15, -0.1) is 0 Å². The highest BCUT2D eigenvalue weighted by Gasteiger charge is 2.06. The van der Waals surface area contributed by atoms with E-state index in [0.29, 0.717) is 11.4 Å². The highest BCUT2D eigenvalue weighted by molar-refractivity contribution is 5.94. The van der Waals surface area contributed by atoms with Crippen LogP contribution in [-0.4, -0.2) is 17.4 Å². The normalized spacial score (nSPS) is 10.2. The van der Waals surface area contributed by atoms with Crippen LogP contribution < -0.4 is 11.1 Å². The minimum Gasteiger partial charge on any atom is -0.384 e. The van der Waals surface area contributed by atoms with Gasteiger partial charge in [0.1, 0.15) is 5.82 Å². The molecule has 17 heavy (non-hydrogen) atoms. The van der Waals surface area contributed by atoms with Crippen molar-refractivity contribution < 1.29 is 4.79 Å². The maximum atomic E-state index is 11.8. The molecular formula is C13H21N3O. The second-order valence-corrected chi connectivity index (χ2v) is 4.24. The monoisotopic (exact) mass is 235 g/mol. The molecule has 0 bridgehead atoms. The lowest BCUT2D eigenvalue weighted by molar-refractivity contribution is 0.0953. The molecule has 0 aliphatic carbocycles. The van der Waals surface area contributed by atoms with Crippen molar-refractivity contribution in [2.45, 2.75) is 39.5 Å². The third kappa shape index (κ3) is 4.85. The van der Waals surface area contributed by atoms with Gasteiger partial charge < -0.3 is 11.1 Å². The Labute approximate surface area is 103 Å². The molecule has 0 atom stereocenters. The zero-order valence-corrected chi connectivity index (χ0v) is 10.6. The van der Waals surface area contributed by atoms with Crippen LogP contribution in [0.3, 0.4) is 0 Å². The number of hydrogen-bond donors (Lipinski definition) is 2. The van der Waals surface area contributed by atoms with Gasteiger partial charge in [0.05, 0.1) is 0 Å². The lowest BCUT2D eigenvalue weighted by Crippen LogP contribution is -2.24. The number of carbonyl (C=O) groups is 1. The van der Waals surface area contributed by atoms with E-state index in [1.165, 1.54) is 12.8 Å². The Kier molecular flexibility index (Phi) is 5.46. The molecule has 4 heteroatoms. The summed E-state index contributed by atoms with van der Waals surface area (Å²) in [6.07, 6.45) is 4.61. The molecular weight excluding hydrogens is 214 g/mol. The summed E-state index contributed by atoms with van der Waals surface area (Å²) in [5.74, 6) is 0.319. The molecule has 0 aliphatic heterocycles. The number of anilines is 1. The minimum absolute atomic E-state index is 0.0706. The lowest BCUT2D eigenvalue weighted by atomic mass is 10.2. The summed E-state index contributed by atoms with van der Waals surface area (Å²) >= 11 is 0. The largest absolute Gasteiger partial charge is 0.384 e. The van der Waals surface area contributed by atoms with Crippen LogP contribution in [0.2, 0.25) is 0 Å². The summed E-state index contributed by atoms with van der Waals surface area (Å²) in [7, 11) is 0. The fourth-order valence-electron chi connectivity index (χ4n) is 1.68. The van der Waals surface area contributed by atoms with E-state index in [1.54, 1.807) is 12.1 Å². The molecule has 0 fully saturated rings. The Hall–Kier alpha value is -1.58. The highest BCUT2D eigenvalue weighted by Crippen LogP contribution is 2.07. The number of nitrogens with one attached hydrogen (secondary N) is 1. The van der Waals surface area contributed by atoms with Gasteiger partial charge in [0.2, 0.25) is 0 Å². The molecule has 4 nitrogen and oxygen atoms in total. The van der Waals surface area contributed by atoms with E-state index in [-0.39, 0.29) is 5.91 Å². The van der Waals surface area contributed by atoms with E-state index in [2.05, 4.69) is 17.2 Å². The average Bonchev–Trinajstić information content (AvgIpc) is 2.27. The van der Waals surface area contributed by atoms with Crippen LogP contribution in [0.1, 0.15) is 48.7 Å². The van der Waals surface area contributed by atoms with Gasteiger partial charge in [-0.3, -0.25) is 4.79 Å².